The third kappa shape index (κ3) is 4.26. The number of hydrogen-bond acceptors (Lipinski definition) is 4. The molecule has 1 aliphatic heterocycles. The molecule has 1 atom stereocenters. The van der Waals surface area contributed by atoms with Crippen molar-refractivity contribution in [3.05, 3.63) is 94.5 Å². The van der Waals surface area contributed by atoms with Gasteiger partial charge in [0.2, 0.25) is 0 Å². The molecule has 0 N–H and O–H groups in total. The van der Waals surface area contributed by atoms with Crippen molar-refractivity contribution in [3.63, 3.8) is 0 Å². The van der Waals surface area contributed by atoms with Crippen molar-refractivity contribution >= 4 is 33.4 Å². The Bertz CT molecular complexity index is 1080. The van der Waals surface area contributed by atoms with Crippen molar-refractivity contribution in [2.45, 2.75) is 12.5 Å². The monoisotopic (exact) mass is 462 g/mol. The quantitative estimate of drug-likeness (QED) is 0.419. The number of nitrogens with zero attached hydrogens (tertiary/aromatic N) is 2. The van der Waals surface area contributed by atoms with E-state index in [1.54, 1.807) is 14.2 Å². The Hall–Kier alpha value is -3.05. The normalized spacial score (nSPS) is 16.0. The van der Waals surface area contributed by atoms with Gasteiger partial charge in [0.05, 0.1) is 31.7 Å². The Kier molecular flexibility index (Phi) is 6.19. The van der Waals surface area contributed by atoms with Gasteiger partial charge in [0, 0.05) is 22.0 Å². The summed E-state index contributed by atoms with van der Waals surface area (Å²) < 4.78 is 12.1. The molecular weight excluding hydrogens is 440 g/mol. The molecule has 1 heterocycles. The van der Waals surface area contributed by atoms with Gasteiger partial charge >= 0.3 is 0 Å². The van der Waals surface area contributed by atoms with Crippen LogP contribution in [-0.4, -0.2) is 19.9 Å². The highest BCUT2D eigenvalue weighted by Crippen LogP contribution is 2.39. The zero-order valence-electron chi connectivity index (χ0n) is 17.0. The number of anilines is 1. The van der Waals surface area contributed by atoms with Gasteiger partial charge in [-0.25, -0.2) is 0 Å². The molecule has 0 saturated carbocycles. The molecular formula is C25H23BrN2O2. The highest BCUT2D eigenvalue weighted by molar-refractivity contribution is 9.10. The first-order valence-electron chi connectivity index (χ1n) is 9.76. The van der Waals surface area contributed by atoms with Gasteiger partial charge in [0.25, 0.3) is 0 Å². The summed E-state index contributed by atoms with van der Waals surface area (Å²) >= 11 is 3.52. The lowest BCUT2D eigenvalue weighted by atomic mass is 9.99. The van der Waals surface area contributed by atoms with Gasteiger partial charge in [0.1, 0.15) is 11.5 Å². The summed E-state index contributed by atoms with van der Waals surface area (Å²) in [6.07, 6.45) is 4.91. The molecule has 0 saturated heterocycles. The van der Waals surface area contributed by atoms with Gasteiger partial charge in [-0.05, 0) is 48.6 Å². The Balaban J connectivity index is 1.69. The molecule has 5 heteroatoms. The topological polar surface area (TPSA) is 34.1 Å². The van der Waals surface area contributed by atoms with E-state index >= 15 is 0 Å². The standard InChI is InChI=1S/C25H23BrN2O2/c1-29-24-9-5-3-7-18(24)11-14-20-17-23(22-8-4-6-10-25(22)30-2)28(27-20)21-15-12-19(26)13-16-21/h3-16,23H,17H2,1-2H3/b14-11-/t23-/m1/s1. The van der Waals surface area contributed by atoms with Crippen molar-refractivity contribution in [3.8, 4) is 11.5 Å². The van der Waals surface area contributed by atoms with Crippen LogP contribution in [0.4, 0.5) is 5.69 Å². The first kappa shape index (κ1) is 20.2. The molecule has 4 nitrogen and oxygen atoms in total. The molecule has 0 aromatic heterocycles. The minimum Gasteiger partial charge on any atom is -0.496 e. The molecule has 0 amide bonds. The van der Waals surface area contributed by atoms with E-state index < -0.39 is 0 Å². The lowest BCUT2D eigenvalue weighted by Crippen LogP contribution is -2.19. The van der Waals surface area contributed by atoms with E-state index in [1.165, 1.54) is 0 Å². The number of halogens is 1. The summed E-state index contributed by atoms with van der Waals surface area (Å²) in [6.45, 7) is 0. The number of methoxy groups -OCH3 is 2. The number of ether oxygens (including phenoxy) is 2. The number of allylic oxidation sites excluding steroid dienone is 1. The second-order valence-electron chi connectivity index (χ2n) is 6.95. The van der Waals surface area contributed by atoms with Crippen molar-refractivity contribution in [2.75, 3.05) is 19.2 Å². The fourth-order valence-corrected chi connectivity index (χ4v) is 3.90. The first-order valence-corrected chi connectivity index (χ1v) is 10.5. The lowest BCUT2D eigenvalue weighted by molar-refractivity contribution is 0.405. The largest absolute Gasteiger partial charge is 0.496 e. The molecule has 1 aliphatic rings. The Morgan fingerprint density at radius 1 is 0.867 bits per heavy atom. The zero-order chi connectivity index (χ0) is 20.9. The van der Waals surface area contributed by atoms with Crippen LogP contribution in [0.3, 0.4) is 0 Å². The van der Waals surface area contributed by atoms with Crippen LogP contribution in [0.1, 0.15) is 23.6 Å². The number of benzene rings is 3. The summed E-state index contributed by atoms with van der Waals surface area (Å²) in [5.74, 6) is 1.72. The fraction of sp³-hybridized carbons (Fsp3) is 0.160. The first-order chi connectivity index (χ1) is 14.7. The predicted molar refractivity (Wildman–Crippen MR) is 126 cm³/mol. The van der Waals surface area contributed by atoms with E-state index in [-0.39, 0.29) is 6.04 Å². The maximum absolute atomic E-state index is 5.64. The number of rotatable bonds is 6. The maximum atomic E-state index is 5.64. The van der Waals surface area contributed by atoms with E-state index in [0.29, 0.717) is 0 Å². The highest BCUT2D eigenvalue weighted by atomic mass is 79.9. The molecule has 0 unspecified atom stereocenters. The Morgan fingerprint density at radius 2 is 1.53 bits per heavy atom. The van der Waals surface area contributed by atoms with Crippen LogP contribution in [0.15, 0.2) is 88.4 Å². The van der Waals surface area contributed by atoms with Crippen LogP contribution in [0.5, 0.6) is 11.5 Å². The molecule has 0 spiro atoms. The molecule has 0 aliphatic carbocycles. The summed E-state index contributed by atoms with van der Waals surface area (Å²) in [5.41, 5.74) is 4.18. The third-order valence-electron chi connectivity index (χ3n) is 5.12. The van der Waals surface area contributed by atoms with Crippen molar-refractivity contribution in [1.82, 2.24) is 0 Å². The van der Waals surface area contributed by atoms with Crippen LogP contribution >= 0.6 is 15.9 Å². The molecule has 30 heavy (non-hydrogen) atoms. The van der Waals surface area contributed by atoms with Crippen molar-refractivity contribution in [1.29, 1.82) is 0 Å². The van der Waals surface area contributed by atoms with Crippen LogP contribution in [-0.2, 0) is 0 Å². The van der Waals surface area contributed by atoms with Gasteiger partial charge < -0.3 is 9.47 Å². The van der Waals surface area contributed by atoms with Gasteiger partial charge in [0.15, 0.2) is 0 Å². The average Bonchev–Trinajstić information content (AvgIpc) is 3.22. The van der Waals surface area contributed by atoms with E-state index in [1.807, 2.05) is 54.6 Å². The van der Waals surface area contributed by atoms with Crippen LogP contribution in [0.2, 0.25) is 0 Å². The van der Waals surface area contributed by atoms with E-state index in [2.05, 4.69) is 51.3 Å². The van der Waals surface area contributed by atoms with E-state index in [0.717, 1.165) is 44.9 Å². The van der Waals surface area contributed by atoms with Gasteiger partial charge in [-0.1, -0.05) is 52.3 Å². The summed E-state index contributed by atoms with van der Waals surface area (Å²) in [7, 11) is 3.40. The zero-order valence-corrected chi connectivity index (χ0v) is 18.5. The average molecular weight is 463 g/mol. The second-order valence-corrected chi connectivity index (χ2v) is 7.87. The molecule has 152 valence electrons. The predicted octanol–water partition coefficient (Wildman–Crippen LogP) is 6.49. The smallest absolute Gasteiger partial charge is 0.126 e. The molecule has 4 rings (SSSR count). The van der Waals surface area contributed by atoms with E-state index in [9.17, 15) is 0 Å². The van der Waals surface area contributed by atoms with Crippen LogP contribution < -0.4 is 14.5 Å². The minimum atomic E-state index is 0.0552. The maximum Gasteiger partial charge on any atom is 0.126 e. The van der Waals surface area contributed by atoms with Crippen LogP contribution in [0.25, 0.3) is 6.08 Å². The molecule has 0 fully saturated rings. The van der Waals surface area contributed by atoms with E-state index in [4.69, 9.17) is 14.6 Å². The number of hydrogen-bond donors (Lipinski definition) is 0. The fourth-order valence-electron chi connectivity index (χ4n) is 3.64. The molecule has 0 radical (unpaired) electrons. The third-order valence-corrected chi connectivity index (χ3v) is 5.65. The summed E-state index contributed by atoms with van der Waals surface area (Å²) in [5, 5.41) is 7.02. The van der Waals surface area contributed by atoms with Crippen molar-refractivity contribution in [2.24, 2.45) is 5.10 Å². The number of hydrazone groups is 1. The highest BCUT2D eigenvalue weighted by Gasteiger charge is 2.30. The molecule has 3 aromatic carbocycles. The molecule has 0 bridgehead atoms. The summed E-state index contributed by atoms with van der Waals surface area (Å²) in [6, 6.07) is 24.4. The molecule has 3 aromatic rings. The Morgan fingerprint density at radius 3 is 2.27 bits per heavy atom. The van der Waals surface area contributed by atoms with Crippen molar-refractivity contribution < 1.29 is 9.47 Å². The lowest BCUT2D eigenvalue weighted by Gasteiger charge is -2.25. The number of para-hydroxylation sites is 2. The van der Waals surface area contributed by atoms with Gasteiger partial charge in [-0.15, -0.1) is 0 Å². The minimum absolute atomic E-state index is 0.0552. The Labute approximate surface area is 185 Å². The van der Waals surface area contributed by atoms with Gasteiger partial charge in [-0.2, -0.15) is 5.10 Å². The van der Waals surface area contributed by atoms with Crippen LogP contribution in [0, 0.1) is 0 Å². The summed E-state index contributed by atoms with van der Waals surface area (Å²) in [4.78, 5) is 0. The van der Waals surface area contributed by atoms with Gasteiger partial charge in [-0.3, -0.25) is 5.01 Å². The second kappa shape index (κ2) is 9.18. The SMILES string of the molecule is COc1ccccc1/C=C\C1=NN(c2ccc(Br)cc2)[C@@H](c2ccccc2OC)C1.